The molecule has 0 spiro atoms. The third kappa shape index (κ3) is 2.82. The minimum Gasteiger partial charge on any atom is -0.241 e. The van der Waals surface area contributed by atoms with Gasteiger partial charge in [0.1, 0.15) is 5.82 Å². The Morgan fingerprint density at radius 3 is 2.63 bits per heavy atom. The molecule has 1 unspecified atom stereocenters. The van der Waals surface area contributed by atoms with Crippen LogP contribution in [0.4, 0.5) is 0 Å². The molecule has 1 aromatic heterocycles. The molecule has 1 aliphatic carbocycles. The monoisotopic (exact) mass is 312 g/mol. The fraction of sp³-hybridized carbons (Fsp3) is 0.125. The van der Waals surface area contributed by atoms with Crippen LogP contribution in [0.1, 0.15) is 18.2 Å². The maximum Gasteiger partial charge on any atom is 0.136 e. The van der Waals surface area contributed by atoms with Crippen LogP contribution in [-0.4, -0.2) is 9.97 Å². The number of hydrogen-bond acceptors (Lipinski definition) is 2. The van der Waals surface area contributed by atoms with E-state index in [1.54, 1.807) is 0 Å². The van der Waals surface area contributed by atoms with Crippen molar-refractivity contribution in [2.24, 2.45) is 0 Å². The van der Waals surface area contributed by atoms with E-state index in [-0.39, 0.29) is 0 Å². The molecule has 0 saturated carbocycles. The van der Waals surface area contributed by atoms with Crippen molar-refractivity contribution in [2.75, 3.05) is 0 Å². The highest BCUT2D eigenvalue weighted by molar-refractivity contribution is 9.10. The van der Waals surface area contributed by atoms with Gasteiger partial charge in [-0.05, 0) is 24.6 Å². The zero-order valence-electron chi connectivity index (χ0n) is 10.3. The van der Waals surface area contributed by atoms with Crippen molar-refractivity contribution in [1.29, 1.82) is 0 Å². The SMILES string of the molecule is Brc1ccc(-c2ccnc(C3C=CC=CC3)n2)cc1. The lowest BCUT2D eigenvalue weighted by atomic mass is 10.00. The van der Waals surface area contributed by atoms with Gasteiger partial charge in [0.25, 0.3) is 0 Å². The van der Waals surface area contributed by atoms with Crippen LogP contribution in [0, 0.1) is 0 Å². The van der Waals surface area contributed by atoms with Crippen molar-refractivity contribution in [2.45, 2.75) is 12.3 Å². The summed E-state index contributed by atoms with van der Waals surface area (Å²) in [6.07, 6.45) is 11.2. The second-order valence-electron chi connectivity index (χ2n) is 4.46. The minimum atomic E-state index is 0.292. The van der Waals surface area contributed by atoms with Gasteiger partial charge in [0.05, 0.1) is 5.69 Å². The Labute approximate surface area is 121 Å². The number of nitrogens with zero attached hydrogens (tertiary/aromatic N) is 2. The second-order valence-corrected chi connectivity index (χ2v) is 5.38. The Kier molecular flexibility index (Phi) is 3.56. The Morgan fingerprint density at radius 2 is 1.89 bits per heavy atom. The second kappa shape index (κ2) is 5.49. The van der Waals surface area contributed by atoms with Crippen LogP contribution in [-0.2, 0) is 0 Å². The van der Waals surface area contributed by atoms with Gasteiger partial charge >= 0.3 is 0 Å². The van der Waals surface area contributed by atoms with E-state index in [1.165, 1.54) is 0 Å². The quantitative estimate of drug-likeness (QED) is 0.815. The molecule has 0 saturated heterocycles. The lowest BCUT2D eigenvalue weighted by molar-refractivity contribution is 0.773. The van der Waals surface area contributed by atoms with Gasteiger partial charge in [-0.15, -0.1) is 0 Å². The van der Waals surface area contributed by atoms with Gasteiger partial charge in [-0.3, -0.25) is 0 Å². The Hall–Kier alpha value is -1.74. The van der Waals surface area contributed by atoms with Crippen molar-refractivity contribution in [3.63, 3.8) is 0 Å². The zero-order valence-corrected chi connectivity index (χ0v) is 11.9. The van der Waals surface area contributed by atoms with Crippen LogP contribution in [0.3, 0.4) is 0 Å². The fourth-order valence-corrected chi connectivity index (χ4v) is 2.37. The lowest BCUT2D eigenvalue weighted by Crippen LogP contribution is -2.03. The van der Waals surface area contributed by atoms with E-state index < -0.39 is 0 Å². The normalized spacial score (nSPS) is 17.6. The van der Waals surface area contributed by atoms with Crippen molar-refractivity contribution < 1.29 is 0 Å². The number of benzene rings is 1. The van der Waals surface area contributed by atoms with Crippen molar-refractivity contribution >= 4 is 15.9 Å². The fourth-order valence-electron chi connectivity index (χ4n) is 2.11. The van der Waals surface area contributed by atoms with Gasteiger partial charge in [0.15, 0.2) is 0 Å². The molecular weight excluding hydrogens is 300 g/mol. The summed E-state index contributed by atoms with van der Waals surface area (Å²) in [5.41, 5.74) is 2.09. The number of allylic oxidation sites excluding steroid dienone is 4. The predicted molar refractivity (Wildman–Crippen MR) is 80.8 cm³/mol. The molecule has 0 aliphatic heterocycles. The van der Waals surface area contributed by atoms with E-state index in [0.29, 0.717) is 5.92 Å². The summed E-state index contributed by atoms with van der Waals surface area (Å²) in [6.45, 7) is 0. The Morgan fingerprint density at radius 1 is 1.05 bits per heavy atom. The third-order valence-corrected chi connectivity index (χ3v) is 3.66. The molecule has 0 N–H and O–H groups in total. The smallest absolute Gasteiger partial charge is 0.136 e. The maximum atomic E-state index is 4.68. The van der Waals surface area contributed by atoms with Crippen LogP contribution < -0.4 is 0 Å². The summed E-state index contributed by atoms with van der Waals surface area (Å²) in [5.74, 6) is 1.18. The van der Waals surface area contributed by atoms with Gasteiger partial charge < -0.3 is 0 Å². The summed E-state index contributed by atoms with van der Waals surface area (Å²) in [5, 5.41) is 0. The van der Waals surface area contributed by atoms with E-state index in [9.17, 15) is 0 Å². The van der Waals surface area contributed by atoms with Crippen LogP contribution in [0.25, 0.3) is 11.3 Å². The van der Waals surface area contributed by atoms with Crippen LogP contribution in [0.2, 0.25) is 0 Å². The van der Waals surface area contributed by atoms with Gasteiger partial charge in [0, 0.05) is 22.2 Å². The highest BCUT2D eigenvalue weighted by atomic mass is 79.9. The maximum absolute atomic E-state index is 4.68. The largest absolute Gasteiger partial charge is 0.241 e. The molecule has 1 aromatic carbocycles. The summed E-state index contributed by atoms with van der Waals surface area (Å²) in [6, 6.07) is 10.1. The number of aromatic nitrogens is 2. The average Bonchev–Trinajstić information content (AvgIpc) is 2.49. The van der Waals surface area contributed by atoms with Gasteiger partial charge in [-0.25, -0.2) is 9.97 Å². The highest BCUT2D eigenvalue weighted by Crippen LogP contribution is 2.24. The molecule has 0 amide bonds. The molecule has 1 aliphatic rings. The molecule has 2 aromatic rings. The molecule has 94 valence electrons. The van der Waals surface area contributed by atoms with Gasteiger partial charge in [0.2, 0.25) is 0 Å². The molecular formula is C16H13BrN2. The van der Waals surface area contributed by atoms with E-state index in [1.807, 2.05) is 24.4 Å². The molecule has 1 atom stereocenters. The first-order valence-corrected chi connectivity index (χ1v) is 7.04. The molecule has 1 heterocycles. The first kappa shape index (κ1) is 12.3. The molecule has 0 radical (unpaired) electrons. The number of hydrogen-bond donors (Lipinski definition) is 0. The Balaban J connectivity index is 1.93. The van der Waals surface area contributed by atoms with E-state index >= 15 is 0 Å². The number of rotatable bonds is 2. The summed E-state index contributed by atoms with van der Waals surface area (Å²) < 4.78 is 1.07. The Bertz CT molecular complexity index is 629. The standard InChI is InChI=1S/C16H13BrN2/c17-14-8-6-12(7-9-14)15-10-11-18-16(19-15)13-4-2-1-3-5-13/h1-4,6-11,13H,5H2. The van der Waals surface area contributed by atoms with Crippen molar-refractivity contribution in [3.8, 4) is 11.3 Å². The summed E-state index contributed by atoms with van der Waals surface area (Å²) in [7, 11) is 0. The van der Waals surface area contributed by atoms with E-state index in [0.717, 1.165) is 28.0 Å². The number of halogens is 1. The first-order chi connectivity index (χ1) is 9.33. The molecule has 3 heteroatoms. The summed E-state index contributed by atoms with van der Waals surface area (Å²) in [4.78, 5) is 9.09. The third-order valence-electron chi connectivity index (χ3n) is 3.13. The van der Waals surface area contributed by atoms with Gasteiger partial charge in [-0.1, -0.05) is 52.4 Å². The van der Waals surface area contributed by atoms with Crippen LogP contribution in [0.15, 0.2) is 65.3 Å². The molecule has 2 nitrogen and oxygen atoms in total. The summed E-state index contributed by atoms with van der Waals surface area (Å²) >= 11 is 3.45. The lowest BCUT2D eigenvalue weighted by Gasteiger charge is -2.12. The van der Waals surface area contributed by atoms with Crippen LogP contribution in [0.5, 0.6) is 0 Å². The highest BCUT2D eigenvalue weighted by Gasteiger charge is 2.12. The minimum absolute atomic E-state index is 0.292. The average molecular weight is 313 g/mol. The van der Waals surface area contributed by atoms with Crippen molar-refractivity contribution in [3.05, 3.63) is 71.1 Å². The predicted octanol–water partition coefficient (Wildman–Crippen LogP) is 4.51. The zero-order chi connectivity index (χ0) is 13.1. The molecule has 3 rings (SSSR count). The molecule has 0 fully saturated rings. The van der Waals surface area contributed by atoms with E-state index in [4.69, 9.17) is 0 Å². The van der Waals surface area contributed by atoms with Crippen molar-refractivity contribution in [1.82, 2.24) is 9.97 Å². The molecule has 19 heavy (non-hydrogen) atoms. The topological polar surface area (TPSA) is 25.8 Å². The first-order valence-electron chi connectivity index (χ1n) is 6.25. The van der Waals surface area contributed by atoms with E-state index in [2.05, 4.69) is 62.3 Å². The molecule has 0 bridgehead atoms. The van der Waals surface area contributed by atoms with Crippen LogP contribution >= 0.6 is 15.9 Å². The van der Waals surface area contributed by atoms with Gasteiger partial charge in [-0.2, -0.15) is 0 Å².